The van der Waals surface area contributed by atoms with Gasteiger partial charge in [-0.05, 0) is 96.3 Å². The summed E-state index contributed by atoms with van der Waals surface area (Å²) in [4.78, 5) is 24.5. The number of unbranched alkanes of at least 4 members (excludes halogenated alkanes) is 27. The number of ether oxygens (including phenoxy) is 2. The van der Waals surface area contributed by atoms with Crippen LogP contribution in [0.4, 0.5) is 0 Å². The van der Waals surface area contributed by atoms with Crippen molar-refractivity contribution in [3.05, 3.63) is 109 Å². The summed E-state index contributed by atoms with van der Waals surface area (Å²) in [6, 6.07) is 0. The standard InChI is InChI=1S/C65H110O5/c1-3-5-7-9-11-13-15-17-19-21-23-25-26-27-28-29-30-31-32-33-34-35-36-37-38-40-42-44-46-48-50-52-54-56-58-60-65(68)70-63(61-66)62-69-64(67)59-57-55-53-51-49-47-45-43-41-39-24-22-20-18-16-14-12-10-8-6-4-2/h5-8,11-14,17-20,23-25,27-28,39,63,66H,3-4,9-10,15-16,21-22,26,29-38,40-62H2,1-2H3/b7-5-,8-6-,13-11-,14-12-,19-17-,20-18-,25-23-,28-27-,39-24-. The molecule has 0 aliphatic heterocycles. The second-order valence-corrected chi connectivity index (χ2v) is 19.3. The highest BCUT2D eigenvalue weighted by Crippen LogP contribution is 2.16. The average molecular weight is 972 g/mol. The third-order valence-electron chi connectivity index (χ3n) is 12.6. The van der Waals surface area contributed by atoms with Crippen molar-refractivity contribution in [1.82, 2.24) is 0 Å². The molecule has 0 heterocycles. The molecule has 1 unspecified atom stereocenters. The zero-order valence-electron chi connectivity index (χ0n) is 45.7. The van der Waals surface area contributed by atoms with Crippen molar-refractivity contribution in [3.8, 4) is 0 Å². The van der Waals surface area contributed by atoms with Crippen LogP contribution in [0, 0.1) is 0 Å². The first-order valence-corrected chi connectivity index (χ1v) is 29.4. The molecule has 0 amide bonds. The summed E-state index contributed by atoms with van der Waals surface area (Å²) in [5.41, 5.74) is 0. The van der Waals surface area contributed by atoms with E-state index in [9.17, 15) is 14.7 Å². The van der Waals surface area contributed by atoms with E-state index < -0.39 is 6.10 Å². The number of hydrogen-bond donors (Lipinski definition) is 1. The minimum Gasteiger partial charge on any atom is -0.462 e. The smallest absolute Gasteiger partial charge is 0.306 e. The summed E-state index contributed by atoms with van der Waals surface area (Å²) < 4.78 is 10.7. The van der Waals surface area contributed by atoms with Crippen molar-refractivity contribution in [3.63, 3.8) is 0 Å². The molecule has 0 saturated carbocycles. The topological polar surface area (TPSA) is 72.8 Å². The van der Waals surface area contributed by atoms with Gasteiger partial charge in [0.2, 0.25) is 0 Å². The predicted molar refractivity (Wildman–Crippen MR) is 306 cm³/mol. The van der Waals surface area contributed by atoms with Crippen molar-refractivity contribution in [2.45, 2.75) is 277 Å². The number of carbonyl (C=O) groups excluding carboxylic acids is 2. The normalized spacial score (nSPS) is 13.0. The van der Waals surface area contributed by atoms with Gasteiger partial charge in [0.1, 0.15) is 6.61 Å². The SMILES string of the molecule is CC/C=C\C/C=C\C/C=C\C/C=C\C/C=C\CCCCCCCCCCCCCCCCCCCCCC(=O)OC(CO)COC(=O)CCCCCCCCCC/C=C\C/C=C\C/C=C\C/C=C\CC. The number of aliphatic hydroxyl groups excluding tert-OH is 1. The fourth-order valence-electron chi connectivity index (χ4n) is 8.22. The first-order chi connectivity index (χ1) is 34.6. The molecule has 5 nitrogen and oxygen atoms in total. The molecule has 0 spiro atoms. The molecule has 0 aromatic heterocycles. The van der Waals surface area contributed by atoms with E-state index in [1.54, 1.807) is 0 Å². The van der Waals surface area contributed by atoms with Gasteiger partial charge in [0.25, 0.3) is 0 Å². The van der Waals surface area contributed by atoms with Gasteiger partial charge in [0.15, 0.2) is 6.10 Å². The zero-order valence-corrected chi connectivity index (χ0v) is 45.7. The Hall–Kier alpha value is -3.44. The van der Waals surface area contributed by atoms with Gasteiger partial charge in [0, 0.05) is 12.8 Å². The fourth-order valence-corrected chi connectivity index (χ4v) is 8.22. The molecule has 0 aromatic carbocycles. The minimum atomic E-state index is -0.781. The van der Waals surface area contributed by atoms with Crippen molar-refractivity contribution >= 4 is 11.9 Å². The van der Waals surface area contributed by atoms with Crippen LogP contribution in [0.2, 0.25) is 0 Å². The number of hydrogen-bond acceptors (Lipinski definition) is 5. The summed E-state index contributed by atoms with van der Waals surface area (Å²) in [5.74, 6) is -0.596. The maximum Gasteiger partial charge on any atom is 0.306 e. The van der Waals surface area contributed by atoms with E-state index in [1.807, 2.05) is 0 Å². The molecule has 0 saturated heterocycles. The second-order valence-electron chi connectivity index (χ2n) is 19.3. The van der Waals surface area contributed by atoms with E-state index in [4.69, 9.17) is 9.47 Å². The summed E-state index contributed by atoms with van der Waals surface area (Å²) in [6.45, 7) is 3.92. The van der Waals surface area contributed by atoms with Crippen LogP contribution in [0.5, 0.6) is 0 Å². The van der Waals surface area contributed by atoms with Gasteiger partial charge in [-0.3, -0.25) is 9.59 Å². The van der Waals surface area contributed by atoms with E-state index in [2.05, 4.69) is 123 Å². The third kappa shape index (κ3) is 57.1. The molecule has 0 aliphatic carbocycles. The third-order valence-corrected chi connectivity index (χ3v) is 12.6. The molecule has 0 aromatic rings. The predicted octanol–water partition coefficient (Wildman–Crippen LogP) is 20.1. The molecular formula is C65H110O5. The lowest BCUT2D eigenvalue weighted by atomic mass is 10.0. The summed E-state index contributed by atoms with van der Waals surface area (Å²) in [6.07, 6.45) is 86.4. The van der Waals surface area contributed by atoms with Crippen molar-refractivity contribution in [2.75, 3.05) is 13.2 Å². The van der Waals surface area contributed by atoms with Crippen LogP contribution in [0.1, 0.15) is 271 Å². The first kappa shape index (κ1) is 66.6. The highest BCUT2D eigenvalue weighted by Gasteiger charge is 2.16. The monoisotopic (exact) mass is 971 g/mol. The van der Waals surface area contributed by atoms with Crippen molar-refractivity contribution in [1.29, 1.82) is 0 Å². The van der Waals surface area contributed by atoms with Gasteiger partial charge in [-0.2, -0.15) is 0 Å². The lowest BCUT2D eigenvalue weighted by Gasteiger charge is -2.15. The number of esters is 2. The summed E-state index contributed by atoms with van der Waals surface area (Å²) >= 11 is 0. The molecule has 0 fully saturated rings. The van der Waals surface area contributed by atoms with Gasteiger partial charge in [-0.1, -0.05) is 271 Å². The second kappa shape index (κ2) is 59.9. The van der Waals surface area contributed by atoms with Crippen LogP contribution in [-0.4, -0.2) is 36.4 Å². The van der Waals surface area contributed by atoms with E-state index in [0.29, 0.717) is 12.8 Å². The van der Waals surface area contributed by atoms with Gasteiger partial charge >= 0.3 is 11.9 Å². The molecule has 0 radical (unpaired) electrons. The molecule has 70 heavy (non-hydrogen) atoms. The van der Waals surface area contributed by atoms with E-state index in [-0.39, 0.29) is 25.2 Å². The minimum absolute atomic E-state index is 0.0728. The van der Waals surface area contributed by atoms with Crippen LogP contribution >= 0.6 is 0 Å². The highest BCUT2D eigenvalue weighted by molar-refractivity contribution is 5.70. The highest BCUT2D eigenvalue weighted by atomic mass is 16.6. The quantitative estimate of drug-likeness (QED) is 0.0373. The molecule has 5 heteroatoms. The van der Waals surface area contributed by atoms with Crippen LogP contribution < -0.4 is 0 Å². The number of carbonyl (C=O) groups is 2. The van der Waals surface area contributed by atoms with Crippen LogP contribution in [-0.2, 0) is 19.1 Å². The van der Waals surface area contributed by atoms with Crippen molar-refractivity contribution in [2.24, 2.45) is 0 Å². The number of allylic oxidation sites excluding steroid dienone is 18. The zero-order chi connectivity index (χ0) is 50.6. The van der Waals surface area contributed by atoms with Crippen LogP contribution in [0.15, 0.2) is 109 Å². The first-order valence-electron chi connectivity index (χ1n) is 29.4. The Morgan fingerprint density at radius 2 is 0.571 bits per heavy atom. The maximum atomic E-state index is 12.3. The summed E-state index contributed by atoms with van der Waals surface area (Å²) in [7, 11) is 0. The van der Waals surface area contributed by atoms with Gasteiger partial charge in [0.05, 0.1) is 6.61 Å². The van der Waals surface area contributed by atoms with E-state index in [0.717, 1.165) is 103 Å². The van der Waals surface area contributed by atoms with E-state index >= 15 is 0 Å². The maximum absolute atomic E-state index is 12.3. The number of aliphatic hydroxyl groups is 1. The summed E-state index contributed by atoms with van der Waals surface area (Å²) in [5, 5.41) is 9.66. The number of rotatable bonds is 53. The molecule has 1 atom stereocenters. The van der Waals surface area contributed by atoms with Crippen molar-refractivity contribution < 1.29 is 24.2 Å². The molecule has 1 N–H and O–H groups in total. The van der Waals surface area contributed by atoms with Gasteiger partial charge < -0.3 is 14.6 Å². The molecular weight excluding hydrogens is 861 g/mol. The Morgan fingerprint density at radius 3 is 0.857 bits per heavy atom. The molecule has 0 bridgehead atoms. The molecule has 0 rings (SSSR count). The van der Waals surface area contributed by atoms with Gasteiger partial charge in [-0.15, -0.1) is 0 Å². The Balaban J connectivity index is 3.48. The molecule has 0 aliphatic rings. The van der Waals surface area contributed by atoms with Crippen LogP contribution in [0.25, 0.3) is 0 Å². The Morgan fingerprint density at radius 1 is 0.329 bits per heavy atom. The fraction of sp³-hybridized carbons (Fsp3) is 0.692. The Bertz CT molecular complexity index is 1380. The van der Waals surface area contributed by atoms with Gasteiger partial charge in [-0.25, -0.2) is 0 Å². The molecule has 400 valence electrons. The average Bonchev–Trinajstić information content (AvgIpc) is 3.36. The van der Waals surface area contributed by atoms with E-state index in [1.165, 1.54) is 141 Å². The largest absolute Gasteiger partial charge is 0.462 e. The lowest BCUT2D eigenvalue weighted by Crippen LogP contribution is -2.28. The Kier molecular flexibility index (Phi) is 56.9. The lowest BCUT2D eigenvalue weighted by molar-refractivity contribution is -0.161. The Labute approximate surface area is 433 Å². The van der Waals surface area contributed by atoms with Crippen LogP contribution in [0.3, 0.4) is 0 Å².